The van der Waals surface area contributed by atoms with Crippen LogP contribution in [-0.4, -0.2) is 183 Å². The van der Waals surface area contributed by atoms with E-state index in [1.54, 1.807) is 6.92 Å². The number of carbonyl (C=O) groups is 13. The summed E-state index contributed by atoms with van der Waals surface area (Å²) in [6.45, 7) is 3.25. The predicted octanol–water partition coefficient (Wildman–Crippen LogP) is -9.08. The molecule has 0 spiro atoms. The van der Waals surface area contributed by atoms with Gasteiger partial charge in [0, 0.05) is 25.9 Å². The van der Waals surface area contributed by atoms with Crippen molar-refractivity contribution in [3.8, 4) is 0 Å². The molecule has 34 heteroatoms. The first-order chi connectivity index (χ1) is 35.4. The fourth-order valence-corrected chi connectivity index (χ4v) is 6.49. The number of carboxylic acid groups (broad SMARTS) is 3. The van der Waals surface area contributed by atoms with Crippen LogP contribution in [-0.2, 0) is 62.3 Å². The van der Waals surface area contributed by atoms with Crippen LogP contribution in [0.3, 0.4) is 0 Å². The summed E-state index contributed by atoms with van der Waals surface area (Å²) in [5, 5.41) is 55.8. The standard InChI is InChI=1S/C42H73N17O17/c1-4-18(2)31(39(74)55-22(9-11-27(44)61)35(70)56-24(40(75)76)8-6-14-51-42(48)49)59-38(73)25(15-28(45)62)58-36(71)23(10-12-29(63)64)54-34(69)21(7-5-13-50-41(46)47)53-32(67)19(3)52-37(72)26(16-30(65)66)57-33(68)20(43)17-60/h18-26,31,60H,4-17,43H2,1-3H3,(H2,44,61)(H2,45,62)(H,52,72)(H,53,67)(H,54,69)(H,55,74)(H,56,70)(H,57,68)(H,58,71)(H,59,73)(H,63,64)(H,65,66)(H,75,76)(H4,46,47,50)(H4,48,49,51). The quantitative estimate of drug-likeness (QED) is 0.0155. The van der Waals surface area contributed by atoms with E-state index in [-0.39, 0.29) is 57.1 Å². The number of guanidine groups is 2. The molecule has 428 valence electrons. The van der Waals surface area contributed by atoms with E-state index in [9.17, 15) is 77.6 Å². The van der Waals surface area contributed by atoms with E-state index < -0.39 is 182 Å². The van der Waals surface area contributed by atoms with Crippen molar-refractivity contribution in [1.82, 2.24) is 42.5 Å². The zero-order valence-electron chi connectivity index (χ0n) is 42.2. The molecule has 26 N–H and O–H groups in total. The Morgan fingerprint density at radius 3 is 1.32 bits per heavy atom. The van der Waals surface area contributed by atoms with Gasteiger partial charge in [0.25, 0.3) is 0 Å². The van der Waals surface area contributed by atoms with Crippen LogP contribution >= 0.6 is 0 Å². The van der Waals surface area contributed by atoms with Gasteiger partial charge in [0.15, 0.2) is 11.9 Å². The number of hydrogen-bond donors (Lipinski definition) is 19. The predicted molar refractivity (Wildman–Crippen MR) is 264 cm³/mol. The molecule has 0 aliphatic heterocycles. The van der Waals surface area contributed by atoms with Gasteiger partial charge in [-0.05, 0) is 51.4 Å². The molecule has 0 aromatic heterocycles. The van der Waals surface area contributed by atoms with Gasteiger partial charge < -0.3 is 103 Å². The lowest BCUT2D eigenvalue weighted by atomic mass is 9.96. The van der Waals surface area contributed by atoms with E-state index in [1.807, 2.05) is 5.32 Å². The summed E-state index contributed by atoms with van der Waals surface area (Å²) in [4.78, 5) is 175. The van der Waals surface area contributed by atoms with E-state index in [2.05, 4.69) is 47.2 Å². The largest absolute Gasteiger partial charge is 0.481 e. The molecule has 0 radical (unpaired) electrons. The molecule has 0 aliphatic rings. The molecular formula is C42H73N17O17. The number of rotatable bonds is 38. The van der Waals surface area contributed by atoms with Crippen LogP contribution in [0.15, 0.2) is 9.98 Å². The van der Waals surface area contributed by atoms with Gasteiger partial charge in [0.1, 0.15) is 54.4 Å². The zero-order chi connectivity index (χ0) is 58.4. The highest BCUT2D eigenvalue weighted by Gasteiger charge is 2.36. The highest BCUT2D eigenvalue weighted by molar-refractivity contribution is 5.99. The first-order valence-electron chi connectivity index (χ1n) is 23.6. The molecule has 0 fully saturated rings. The lowest BCUT2D eigenvalue weighted by Gasteiger charge is -2.29. The maximum absolute atomic E-state index is 13.9. The normalized spacial score (nSPS) is 14.7. The van der Waals surface area contributed by atoms with Crippen LogP contribution in [0.4, 0.5) is 0 Å². The number of nitrogens with two attached hydrogens (primary N) is 7. The molecule has 76 heavy (non-hydrogen) atoms. The summed E-state index contributed by atoms with van der Waals surface area (Å²) >= 11 is 0. The fourth-order valence-electron chi connectivity index (χ4n) is 6.49. The van der Waals surface area contributed by atoms with Crippen molar-refractivity contribution in [3.63, 3.8) is 0 Å². The van der Waals surface area contributed by atoms with Crippen molar-refractivity contribution < 1.29 is 82.8 Å². The Kier molecular flexibility index (Phi) is 31.0. The molecule has 0 saturated heterocycles. The maximum Gasteiger partial charge on any atom is 0.326 e. The molecule has 34 nitrogen and oxygen atoms in total. The van der Waals surface area contributed by atoms with Crippen LogP contribution in [0, 0.1) is 5.92 Å². The molecule has 10 atom stereocenters. The van der Waals surface area contributed by atoms with E-state index >= 15 is 0 Å². The van der Waals surface area contributed by atoms with Crippen molar-refractivity contribution in [2.75, 3.05) is 19.7 Å². The monoisotopic (exact) mass is 1090 g/mol. The summed E-state index contributed by atoms with van der Waals surface area (Å²) in [5.41, 5.74) is 37.5. The number of nitrogens with one attached hydrogen (secondary N) is 8. The maximum atomic E-state index is 13.9. The molecule has 0 aromatic rings. The number of amides is 10. The van der Waals surface area contributed by atoms with Gasteiger partial charge in [-0.3, -0.25) is 67.5 Å². The van der Waals surface area contributed by atoms with Gasteiger partial charge in [0.05, 0.1) is 19.4 Å². The summed E-state index contributed by atoms with van der Waals surface area (Å²) < 4.78 is 0. The van der Waals surface area contributed by atoms with Crippen LogP contribution in [0.2, 0.25) is 0 Å². The summed E-state index contributed by atoms with van der Waals surface area (Å²) in [6.07, 6.45) is -4.55. The first kappa shape index (κ1) is 67.6. The van der Waals surface area contributed by atoms with Crippen LogP contribution in [0.1, 0.15) is 91.4 Å². The van der Waals surface area contributed by atoms with E-state index in [0.717, 1.165) is 6.92 Å². The Morgan fingerprint density at radius 1 is 0.461 bits per heavy atom. The average Bonchev–Trinajstić information content (AvgIpc) is 3.32. The van der Waals surface area contributed by atoms with Gasteiger partial charge in [-0.1, -0.05) is 20.3 Å². The number of nitrogens with zero attached hydrogens (tertiary/aromatic N) is 2. The van der Waals surface area contributed by atoms with Gasteiger partial charge >= 0.3 is 17.9 Å². The molecule has 10 unspecified atom stereocenters. The minimum absolute atomic E-state index is 0.0126. The third-order valence-electron chi connectivity index (χ3n) is 10.9. The van der Waals surface area contributed by atoms with Gasteiger partial charge in [-0.15, -0.1) is 0 Å². The Labute approximate surface area is 435 Å². The Morgan fingerprint density at radius 2 is 0.868 bits per heavy atom. The van der Waals surface area contributed by atoms with Crippen LogP contribution in [0.25, 0.3) is 0 Å². The topological polar surface area (TPSA) is 606 Å². The van der Waals surface area contributed by atoms with Crippen molar-refractivity contribution in [2.45, 2.75) is 146 Å². The molecule has 10 amide bonds. The van der Waals surface area contributed by atoms with Crippen molar-refractivity contribution >= 4 is 88.9 Å². The minimum atomic E-state index is -1.94. The van der Waals surface area contributed by atoms with Crippen LogP contribution < -0.4 is 82.7 Å². The van der Waals surface area contributed by atoms with E-state index in [0.29, 0.717) is 0 Å². The van der Waals surface area contributed by atoms with Gasteiger partial charge in [0.2, 0.25) is 59.1 Å². The third kappa shape index (κ3) is 27.6. The number of aliphatic hydroxyl groups is 1. The Balaban J connectivity index is 6.77. The average molecular weight is 1090 g/mol. The minimum Gasteiger partial charge on any atom is -0.481 e. The van der Waals surface area contributed by atoms with Crippen molar-refractivity contribution in [1.29, 1.82) is 0 Å². The number of aliphatic hydroxyl groups excluding tert-OH is 1. The molecule has 0 heterocycles. The van der Waals surface area contributed by atoms with E-state index in [1.165, 1.54) is 6.92 Å². The van der Waals surface area contributed by atoms with E-state index in [4.69, 9.17) is 45.2 Å². The second-order valence-electron chi connectivity index (χ2n) is 17.2. The number of carbonyl (C=O) groups excluding carboxylic acids is 10. The smallest absolute Gasteiger partial charge is 0.326 e. The highest BCUT2D eigenvalue weighted by atomic mass is 16.4. The highest BCUT2D eigenvalue weighted by Crippen LogP contribution is 2.12. The summed E-state index contributed by atoms with van der Waals surface area (Å²) in [5.74, 6) is -17.1. The number of primary amides is 2. The molecule has 0 saturated carbocycles. The molecule has 0 bridgehead atoms. The second-order valence-corrected chi connectivity index (χ2v) is 17.2. The lowest BCUT2D eigenvalue weighted by Crippen LogP contribution is -2.61. The van der Waals surface area contributed by atoms with Gasteiger partial charge in [-0.25, -0.2) is 4.79 Å². The Hall–Kier alpha value is -8.43. The number of hydrogen-bond acceptors (Lipinski definition) is 17. The zero-order valence-corrected chi connectivity index (χ0v) is 42.2. The number of aliphatic carboxylic acids is 3. The molecular weight excluding hydrogens is 1010 g/mol. The second kappa shape index (κ2) is 34.9. The summed E-state index contributed by atoms with van der Waals surface area (Å²) in [6, 6.07) is -15.0. The Bertz CT molecular complexity index is 2140. The first-order valence-corrected chi connectivity index (χ1v) is 23.6. The molecule has 0 aliphatic carbocycles. The SMILES string of the molecule is CCC(C)C(NC(=O)C(CC(N)=O)NC(=O)C(CCC(=O)O)NC(=O)C(CCCN=C(N)N)NC(=O)C(C)NC(=O)C(CC(=O)O)NC(=O)C(N)CO)C(=O)NC(CCC(N)=O)C(=O)NC(CCCN=C(N)N)C(=O)O. The van der Waals surface area contributed by atoms with Crippen LogP contribution in [0.5, 0.6) is 0 Å². The number of carboxylic acids is 3. The molecule has 0 rings (SSSR count). The van der Waals surface area contributed by atoms with Gasteiger partial charge in [-0.2, -0.15) is 0 Å². The van der Waals surface area contributed by atoms with Crippen molar-refractivity contribution in [3.05, 3.63) is 0 Å². The lowest BCUT2D eigenvalue weighted by molar-refractivity contribution is -0.143. The molecule has 0 aromatic carbocycles. The summed E-state index contributed by atoms with van der Waals surface area (Å²) in [7, 11) is 0. The number of aliphatic imine (C=N–C) groups is 2. The van der Waals surface area contributed by atoms with Crippen molar-refractivity contribution in [2.24, 2.45) is 56.0 Å². The third-order valence-corrected chi connectivity index (χ3v) is 10.9. The fraction of sp³-hybridized carbons (Fsp3) is 0.643.